The summed E-state index contributed by atoms with van der Waals surface area (Å²) in [7, 11) is 1.62. The Morgan fingerprint density at radius 2 is 2.06 bits per heavy atom. The highest BCUT2D eigenvalue weighted by Gasteiger charge is 2.15. The fraction of sp³-hybridized carbons (Fsp3) is 0.273. The summed E-state index contributed by atoms with van der Waals surface area (Å²) in [6, 6.07) is 0. The molecule has 3 nitrogen and oxygen atoms in total. The maximum atomic E-state index is 6.03. The van der Waals surface area contributed by atoms with Crippen LogP contribution in [0.2, 0.25) is 10.4 Å². The Kier molecular flexibility index (Phi) is 3.17. The van der Waals surface area contributed by atoms with Crippen molar-refractivity contribution >= 4 is 29.3 Å². The van der Waals surface area contributed by atoms with Crippen molar-refractivity contribution in [2.24, 2.45) is 0 Å². The van der Waals surface area contributed by atoms with Crippen molar-refractivity contribution in [1.82, 2.24) is 9.97 Å². The van der Waals surface area contributed by atoms with Gasteiger partial charge in [0.2, 0.25) is 5.28 Å². The van der Waals surface area contributed by atoms with Gasteiger partial charge in [0.05, 0.1) is 12.8 Å². The van der Waals surface area contributed by atoms with Crippen LogP contribution in [-0.2, 0) is 11.2 Å². The van der Waals surface area contributed by atoms with Crippen LogP contribution in [-0.4, -0.2) is 17.1 Å². The maximum Gasteiger partial charge on any atom is 0.224 e. The van der Waals surface area contributed by atoms with Crippen molar-refractivity contribution in [3.05, 3.63) is 39.1 Å². The molecule has 1 aromatic heterocycles. The van der Waals surface area contributed by atoms with Crippen molar-refractivity contribution in [1.29, 1.82) is 0 Å². The summed E-state index contributed by atoms with van der Waals surface area (Å²) >= 11 is 11.8. The number of hydrogen-bond donors (Lipinski definition) is 0. The number of methoxy groups -OCH3 is 1. The molecule has 2 rings (SSSR count). The van der Waals surface area contributed by atoms with Gasteiger partial charge in [-0.3, -0.25) is 0 Å². The summed E-state index contributed by atoms with van der Waals surface area (Å²) in [5, 5.41) is 0.525. The Morgan fingerprint density at radius 1 is 1.31 bits per heavy atom. The summed E-state index contributed by atoms with van der Waals surface area (Å²) in [5.41, 5.74) is 2.64. The molecule has 0 atom stereocenters. The van der Waals surface area contributed by atoms with E-state index in [1.165, 1.54) is 0 Å². The van der Waals surface area contributed by atoms with Gasteiger partial charge in [0, 0.05) is 12.0 Å². The maximum absolute atomic E-state index is 6.03. The third-order valence-corrected chi connectivity index (χ3v) is 2.89. The largest absolute Gasteiger partial charge is 0.496 e. The van der Waals surface area contributed by atoms with Gasteiger partial charge in [-0.15, -0.1) is 0 Å². The van der Waals surface area contributed by atoms with Gasteiger partial charge in [-0.1, -0.05) is 17.7 Å². The second-order valence-electron chi connectivity index (χ2n) is 3.45. The quantitative estimate of drug-likeness (QED) is 0.572. The third-order valence-electron chi connectivity index (χ3n) is 2.44. The number of halogens is 2. The molecule has 0 aliphatic heterocycles. The van der Waals surface area contributed by atoms with Gasteiger partial charge in [-0.05, 0) is 30.2 Å². The van der Waals surface area contributed by atoms with Gasteiger partial charge in [0.25, 0.3) is 0 Å². The van der Waals surface area contributed by atoms with E-state index < -0.39 is 0 Å². The molecule has 0 amide bonds. The Labute approximate surface area is 104 Å². The first-order chi connectivity index (χ1) is 7.61. The first-order valence-corrected chi connectivity index (χ1v) is 5.52. The zero-order chi connectivity index (χ0) is 11.7. The molecule has 1 aromatic rings. The number of ether oxygens (including phenoxy) is 1. The molecule has 0 radical (unpaired) electrons. The normalized spacial score (nSPS) is 14.8. The number of aromatic nitrogens is 2. The van der Waals surface area contributed by atoms with E-state index in [1.807, 2.05) is 19.1 Å². The van der Waals surface area contributed by atoms with E-state index in [9.17, 15) is 0 Å². The minimum absolute atomic E-state index is 0.170. The lowest BCUT2D eigenvalue weighted by Crippen LogP contribution is -1.96. The molecule has 16 heavy (non-hydrogen) atoms. The SMILES string of the molecule is COC1=Cc2c(Cl)nc(Cl)nc2CC=C1C. The van der Waals surface area contributed by atoms with Crippen molar-refractivity contribution in [3.63, 3.8) is 0 Å². The highest BCUT2D eigenvalue weighted by molar-refractivity contribution is 6.32. The van der Waals surface area contributed by atoms with Crippen molar-refractivity contribution < 1.29 is 4.74 Å². The summed E-state index contributed by atoms with van der Waals surface area (Å²) in [5.74, 6) is 0.770. The first kappa shape index (κ1) is 11.4. The number of fused-ring (bicyclic) bond motifs is 1. The molecule has 84 valence electrons. The molecular weight excluding hydrogens is 247 g/mol. The fourth-order valence-electron chi connectivity index (χ4n) is 1.57. The molecule has 0 N–H and O–H groups in total. The highest BCUT2D eigenvalue weighted by atomic mass is 35.5. The van der Waals surface area contributed by atoms with Gasteiger partial charge in [0.15, 0.2) is 0 Å². The Hall–Kier alpha value is -1.06. The van der Waals surface area contributed by atoms with Crippen LogP contribution in [0.5, 0.6) is 0 Å². The van der Waals surface area contributed by atoms with Crippen LogP contribution >= 0.6 is 23.2 Å². The lowest BCUT2D eigenvalue weighted by atomic mass is 10.2. The summed E-state index contributed by atoms with van der Waals surface area (Å²) in [4.78, 5) is 8.08. The van der Waals surface area contributed by atoms with Crippen molar-refractivity contribution in [2.45, 2.75) is 13.3 Å². The minimum Gasteiger partial charge on any atom is -0.496 e. The lowest BCUT2D eigenvalue weighted by molar-refractivity contribution is 0.304. The fourth-order valence-corrected chi connectivity index (χ4v) is 2.04. The third kappa shape index (κ3) is 2.06. The van der Waals surface area contributed by atoms with E-state index >= 15 is 0 Å². The Morgan fingerprint density at radius 3 is 2.75 bits per heavy atom. The van der Waals surface area contributed by atoms with Crippen LogP contribution in [0, 0.1) is 0 Å². The van der Waals surface area contributed by atoms with Crippen LogP contribution in [0.25, 0.3) is 6.08 Å². The van der Waals surface area contributed by atoms with Crippen molar-refractivity contribution in [3.8, 4) is 0 Å². The first-order valence-electron chi connectivity index (χ1n) is 4.76. The molecule has 5 heteroatoms. The van der Waals surface area contributed by atoms with Crippen LogP contribution < -0.4 is 0 Å². The van der Waals surface area contributed by atoms with E-state index in [0.29, 0.717) is 11.6 Å². The predicted octanol–water partition coefficient (Wildman–Crippen LogP) is 3.27. The van der Waals surface area contributed by atoms with E-state index in [4.69, 9.17) is 27.9 Å². The van der Waals surface area contributed by atoms with E-state index in [1.54, 1.807) is 7.11 Å². The van der Waals surface area contributed by atoms with Crippen LogP contribution in [0.1, 0.15) is 18.2 Å². The number of rotatable bonds is 1. The molecule has 0 saturated carbocycles. The molecular formula is C11H10Cl2N2O. The van der Waals surface area contributed by atoms with Gasteiger partial charge in [-0.25, -0.2) is 9.97 Å². The molecule has 0 unspecified atom stereocenters. The molecule has 1 heterocycles. The second-order valence-corrected chi connectivity index (χ2v) is 4.14. The summed E-state index contributed by atoms with van der Waals surface area (Å²) in [6.07, 6.45) is 4.54. The number of hydrogen-bond acceptors (Lipinski definition) is 3. The Bertz CT molecular complexity index is 495. The lowest BCUT2D eigenvalue weighted by Gasteiger charge is -2.05. The second kappa shape index (κ2) is 4.44. The standard InChI is InChI=1S/C11H10Cl2N2O/c1-6-3-4-8-7(5-9(6)16-2)10(12)15-11(13)14-8/h3,5H,4H2,1-2H3. The monoisotopic (exact) mass is 256 g/mol. The summed E-state index contributed by atoms with van der Waals surface area (Å²) in [6.45, 7) is 1.98. The van der Waals surface area contributed by atoms with E-state index in [2.05, 4.69) is 9.97 Å². The number of allylic oxidation sites excluding steroid dienone is 2. The predicted molar refractivity (Wildman–Crippen MR) is 64.5 cm³/mol. The van der Waals surface area contributed by atoms with E-state index in [-0.39, 0.29) is 5.28 Å². The van der Waals surface area contributed by atoms with Gasteiger partial charge in [-0.2, -0.15) is 0 Å². The van der Waals surface area contributed by atoms with Crippen LogP contribution in [0.3, 0.4) is 0 Å². The average Bonchev–Trinajstić information content (AvgIpc) is 2.39. The zero-order valence-corrected chi connectivity index (χ0v) is 10.4. The minimum atomic E-state index is 0.170. The molecule has 0 saturated heterocycles. The molecule has 1 aliphatic rings. The van der Waals surface area contributed by atoms with Crippen LogP contribution in [0.4, 0.5) is 0 Å². The highest BCUT2D eigenvalue weighted by Crippen LogP contribution is 2.27. The van der Waals surface area contributed by atoms with E-state index in [0.717, 1.165) is 22.6 Å². The molecule has 0 aromatic carbocycles. The van der Waals surface area contributed by atoms with Crippen LogP contribution in [0.15, 0.2) is 17.4 Å². The topological polar surface area (TPSA) is 35.0 Å². The van der Waals surface area contributed by atoms with Gasteiger partial charge < -0.3 is 4.74 Å². The van der Waals surface area contributed by atoms with Crippen molar-refractivity contribution in [2.75, 3.05) is 7.11 Å². The molecule has 0 fully saturated rings. The van der Waals surface area contributed by atoms with Gasteiger partial charge in [0.1, 0.15) is 10.9 Å². The summed E-state index contributed by atoms with van der Waals surface area (Å²) < 4.78 is 5.27. The van der Waals surface area contributed by atoms with Gasteiger partial charge >= 0.3 is 0 Å². The smallest absolute Gasteiger partial charge is 0.224 e. The Balaban J connectivity index is 2.61. The average molecular weight is 257 g/mol. The number of nitrogens with zero attached hydrogens (tertiary/aromatic N) is 2. The zero-order valence-electron chi connectivity index (χ0n) is 8.92. The molecule has 0 bridgehead atoms. The molecule has 0 spiro atoms. The molecule has 1 aliphatic carbocycles.